The minimum atomic E-state index is 0.0448. The predicted molar refractivity (Wildman–Crippen MR) is 83.3 cm³/mol. The molecule has 5 heteroatoms. The van der Waals surface area contributed by atoms with Crippen LogP contribution < -0.4 is 11.1 Å². The Kier molecular flexibility index (Phi) is 6.91. The van der Waals surface area contributed by atoms with Gasteiger partial charge in [-0.05, 0) is 52.9 Å². The second kappa shape index (κ2) is 7.94. The van der Waals surface area contributed by atoms with Gasteiger partial charge in [0, 0.05) is 3.57 Å². The van der Waals surface area contributed by atoms with Crippen LogP contribution in [0.1, 0.15) is 6.92 Å². The zero-order valence-electron chi connectivity index (χ0n) is 9.78. The maximum Gasteiger partial charge on any atom is 0.234 e. The third-order valence-corrected chi connectivity index (χ3v) is 4.40. The summed E-state index contributed by atoms with van der Waals surface area (Å²) < 4.78 is 1.05. The van der Waals surface area contributed by atoms with E-state index in [0.717, 1.165) is 15.0 Å². The fourth-order valence-corrected chi connectivity index (χ4v) is 2.61. The number of thioether (sulfide) groups is 1. The standard InChI is InChI=1S/C12H17IN2OS/c1-9(6-14)7-17-8-12(16)15-11-5-3-2-4-10(11)13/h2-5,9H,6-8,14H2,1H3,(H,15,16). The lowest BCUT2D eigenvalue weighted by atomic mass is 10.2. The maximum atomic E-state index is 11.7. The van der Waals surface area contributed by atoms with E-state index < -0.39 is 0 Å². The zero-order chi connectivity index (χ0) is 12.7. The number of benzene rings is 1. The van der Waals surface area contributed by atoms with Crippen molar-refractivity contribution >= 4 is 45.9 Å². The monoisotopic (exact) mass is 364 g/mol. The minimum Gasteiger partial charge on any atom is -0.330 e. The Hall–Kier alpha value is -0.270. The number of hydrogen-bond acceptors (Lipinski definition) is 3. The summed E-state index contributed by atoms with van der Waals surface area (Å²) in [4.78, 5) is 11.7. The third-order valence-electron chi connectivity index (χ3n) is 2.19. The molecule has 17 heavy (non-hydrogen) atoms. The van der Waals surface area contributed by atoms with Crippen molar-refractivity contribution in [3.8, 4) is 0 Å². The second-order valence-electron chi connectivity index (χ2n) is 3.88. The molecule has 0 bridgehead atoms. The SMILES string of the molecule is CC(CN)CSCC(=O)Nc1ccccc1I. The number of carbonyl (C=O) groups is 1. The molecule has 3 nitrogen and oxygen atoms in total. The van der Waals surface area contributed by atoms with Gasteiger partial charge in [-0.25, -0.2) is 0 Å². The van der Waals surface area contributed by atoms with Gasteiger partial charge in [-0.15, -0.1) is 0 Å². The first-order valence-corrected chi connectivity index (χ1v) is 7.69. The highest BCUT2D eigenvalue weighted by atomic mass is 127. The lowest BCUT2D eigenvalue weighted by molar-refractivity contribution is -0.113. The van der Waals surface area contributed by atoms with Crippen molar-refractivity contribution in [2.24, 2.45) is 11.7 Å². The van der Waals surface area contributed by atoms with Crippen molar-refractivity contribution in [1.82, 2.24) is 0 Å². The summed E-state index contributed by atoms with van der Waals surface area (Å²) in [6, 6.07) is 7.75. The Morgan fingerprint density at radius 1 is 1.53 bits per heavy atom. The molecule has 0 fully saturated rings. The predicted octanol–water partition coefficient (Wildman–Crippen LogP) is 2.56. The van der Waals surface area contributed by atoms with Gasteiger partial charge in [0.05, 0.1) is 11.4 Å². The van der Waals surface area contributed by atoms with Crippen molar-refractivity contribution in [2.45, 2.75) is 6.92 Å². The molecule has 1 unspecified atom stereocenters. The summed E-state index contributed by atoms with van der Waals surface area (Å²) >= 11 is 3.83. The molecule has 1 amide bonds. The van der Waals surface area contributed by atoms with Gasteiger partial charge in [0.25, 0.3) is 0 Å². The smallest absolute Gasteiger partial charge is 0.234 e. The number of carbonyl (C=O) groups excluding carboxylic acids is 1. The fraction of sp³-hybridized carbons (Fsp3) is 0.417. The van der Waals surface area contributed by atoms with Crippen molar-refractivity contribution in [3.05, 3.63) is 27.8 Å². The third kappa shape index (κ3) is 5.74. The van der Waals surface area contributed by atoms with Gasteiger partial charge in [-0.2, -0.15) is 11.8 Å². The van der Waals surface area contributed by atoms with E-state index in [2.05, 4.69) is 34.8 Å². The molecule has 1 atom stereocenters. The molecule has 0 aliphatic heterocycles. The van der Waals surface area contributed by atoms with E-state index in [1.54, 1.807) is 11.8 Å². The van der Waals surface area contributed by atoms with Gasteiger partial charge in [-0.3, -0.25) is 4.79 Å². The van der Waals surface area contributed by atoms with E-state index in [1.807, 2.05) is 24.3 Å². The van der Waals surface area contributed by atoms with Crippen LogP contribution in [-0.2, 0) is 4.79 Å². The van der Waals surface area contributed by atoms with E-state index in [0.29, 0.717) is 18.2 Å². The average Bonchev–Trinajstić information content (AvgIpc) is 2.32. The van der Waals surface area contributed by atoms with Crippen molar-refractivity contribution in [3.63, 3.8) is 0 Å². The number of rotatable bonds is 6. The Balaban J connectivity index is 2.33. The molecule has 0 aromatic heterocycles. The Morgan fingerprint density at radius 2 is 2.24 bits per heavy atom. The number of nitrogens with two attached hydrogens (primary N) is 1. The van der Waals surface area contributed by atoms with Crippen LogP contribution in [0.5, 0.6) is 0 Å². The number of halogens is 1. The molecular formula is C12H17IN2OS. The highest BCUT2D eigenvalue weighted by molar-refractivity contribution is 14.1. The van der Waals surface area contributed by atoms with Gasteiger partial charge in [0.1, 0.15) is 0 Å². The highest BCUT2D eigenvalue weighted by Crippen LogP contribution is 2.17. The molecule has 0 saturated carbocycles. The van der Waals surface area contributed by atoms with E-state index >= 15 is 0 Å². The van der Waals surface area contributed by atoms with Gasteiger partial charge >= 0.3 is 0 Å². The largest absolute Gasteiger partial charge is 0.330 e. The molecule has 0 spiro atoms. The molecule has 0 aliphatic rings. The van der Waals surface area contributed by atoms with Crippen LogP contribution in [0.2, 0.25) is 0 Å². The normalized spacial score (nSPS) is 12.2. The molecule has 0 saturated heterocycles. The fourth-order valence-electron chi connectivity index (χ4n) is 1.17. The first-order chi connectivity index (χ1) is 8.13. The Morgan fingerprint density at radius 3 is 2.88 bits per heavy atom. The van der Waals surface area contributed by atoms with Gasteiger partial charge in [0.2, 0.25) is 5.91 Å². The quantitative estimate of drug-likeness (QED) is 0.763. The summed E-state index contributed by atoms with van der Waals surface area (Å²) in [7, 11) is 0. The number of nitrogens with one attached hydrogen (secondary N) is 1. The van der Waals surface area contributed by atoms with Crippen LogP contribution in [0.4, 0.5) is 5.69 Å². The average molecular weight is 364 g/mol. The maximum absolute atomic E-state index is 11.7. The van der Waals surface area contributed by atoms with Crippen LogP contribution in [0, 0.1) is 9.49 Å². The summed E-state index contributed by atoms with van der Waals surface area (Å²) in [6.07, 6.45) is 0. The molecule has 0 radical (unpaired) electrons. The molecule has 1 rings (SSSR count). The van der Waals surface area contributed by atoms with E-state index in [1.165, 1.54) is 0 Å². The number of amides is 1. The summed E-state index contributed by atoms with van der Waals surface area (Å²) in [5, 5.41) is 2.90. The summed E-state index contributed by atoms with van der Waals surface area (Å²) in [5.74, 6) is 1.92. The summed E-state index contributed by atoms with van der Waals surface area (Å²) in [5.41, 5.74) is 6.40. The van der Waals surface area contributed by atoms with Crippen molar-refractivity contribution in [1.29, 1.82) is 0 Å². The van der Waals surface area contributed by atoms with E-state index in [-0.39, 0.29) is 5.91 Å². The Bertz CT molecular complexity index is 373. The topological polar surface area (TPSA) is 55.1 Å². The first-order valence-electron chi connectivity index (χ1n) is 5.45. The zero-order valence-corrected chi connectivity index (χ0v) is 12.8. The van der Waals surface area contributed by atoms with Gasteiger partial charge in [-0.1, -0.05) is 19.1 Å². The Labute approximate surface area is 120 Å². The molecule has 3 N–H and O–H groups in total. The van der Waals surface area contributed by atoms with Gasteiger partial charge < -0.3 is 11.1 Å². The molecular weight excluding hydrogens is 347 g/mol. The van der Waals surface area contributed by atoms with Crippen LogP contribution in [0.15, 0.2) is 24.3 Å². The lowest BCUT2D eigenvalue weighted by Gasteiger charge is -2.09. The highest BCUT2D eigenvalue weighted by Gasteiger charge is 2.06. The van der Waals surface area contributed by atoms with E-state index in [4.69, 9.17) is 5.73 Å². The summed E-state index contributed by atoms with van der Waals surface area (Å²) in [6.45, 7) is 2.76. The molecule has 1 aromatic rings. The molecule has 1 aromatic carbocycles. The van der Waals surface area contributed by atoms with E-state index in [9.17, 15) is 4.79 Å². The van der Waals surface area contributed by atoms with Crippen LogP contribution >= 0.6 is 34.4 Å². The van der Waals surface area contributed by atoms with Crippen LogP contribution in [0.25, 0.3) is 0 Å². The second-order valence-corrected chi connectivity index (χ2v) is 6.08. The number of anilines is 1. The minimum absolute atomic E-state index is 0.0448. The van der Waals surface area contributed by atoms with Crippen molar-refractivity contribution < 1.29 is 4.79 Å². The van der Waals surface area contributed by atoms with Gasteiger partial charge in [0.15, 0.2) is 0 Å². The molecule has 0 aliphatic carbocycles. The van der Waals surface area contributed by atoms with Crippen molar-refractivity contribution in [2.75, 3.05) is 23.4 Å². The lowest BCUT2D eigenvalue weighted by Crippen LogP contribution is -2.17. The molecule has 0 heterocycles. The molecule has 94 valence electrons. The first kappa shape index (κ1) is 14.8. The number of hydrogen-bond donors (Lipinski definition) is 2. The van der Waals surface area contributed by atoms with Crippen LogP contribution in [-0.4, -0.2) is 24.0 Å². The van der Waals surface area contributed by atoms with Crippen LogP contribution in [0.3, 0.4) is 0 Å². The number of para-hydroxylation sites is 1.